The van der Waals surface area contributed by atoms with Gasteiger partial charge in [-0.3, -0.25) is 9.59 Å². The number of benzene rings is 1. The summed E-state index contributed by atoms with van der Waals surface area (Å²) in [7, 11) is -2.50. The van der Waals surface area contributed by atoms with E-state index >= 15 is 0 Å². The molecular formula is C15H20N2O5S. The number of likely N-dealkylation sites (tertiary alicyclic amines) is 1. The quantitative estimate of drug-likeness (QED) is 0.856. The molecule has 23 heavy (non-hydrogen) atoms. The molecule has 1 fully saturated rings. The van der Waals surface area contributed by atoms with E-state index in [4.69, 9.17) is 4.74 Å². The summed E-state index contributed by atoms with van der Waals surface area (Å²) in [6, 6.07) is 3.80. The van der Waals surface area contributed by atoms with E-state index in [1.807, 2.05) is 6.92 Å². The molecule has 1 saturated heterocycles. The maximum atomic E-state index is 12.4. The smallest absolute Gasteiger partial charge is 0.264 e. The average Bonchev–Trinajstić information content (AvgIpc) is 2.78. The van der Waals surface area contributed by atoms with Crippen molar-refractivity contribution in [3.05, 3.63) is 23.8 Å². The minimum Gasteiger partial charge on any atom is -0.494 e. The Bertz CT molecular complexity index is 729. The lowest BCUT2D eigenvalue weighted by atomic mass is 10.2. The van der Waals surface area contributed by atoms with Crippen molar-refractivity contribution < 1.29 is 22.7 Å². The molecule has 2 rings (SSSR count). The van der Waals surface area contributed by atoms with Crippen LogP contribution < -0.4 is 9.46 Å². The van der Waals surface area contributed by atoms with Crippen LogP contribution in [0.5, 0.6) is 5.75 Å². The van der Waals surface area contributed by atoms with E-state index in [0.717, 1.165) is 0 Å². The van der Waals surface area contributed by atoms with Gasteiger partial charge in [0.2, 0.25) is 5.91 Å². The van der Waals surface area contributed by atoms with Crippen LogP contribution >= 0.6 is 0 Å². The average molecular weight is 340 g/mol. The first-order valence-electron chi connectivity index (χ1n) is 7.32. The molecule has 0 radical (unpaired) electrons. The third-order valence-corrected chi connectivity index (χ3v) is 5.28. The molecule has 0 aliphatic carbocycles. The number of ether oxygens (including phenoxy) is 1. The molecule has 0 unspecified atom stereocenters. The molecule has 1 N–H and O–H groups in total. The second kappa shape index (κ2) is 6.57. The van der Waals surface area contributed by atoms with Gasteiger partial charge in [0.15, 0.2) is 0 Å². The zero-order chi connectivity index (χ0) is 17.2. The third kappa shape index (κ3) is 3.64. The molecule has 0 aromatic heterocycles. The number of hydrogen-bond acceptors (Lipinski definition) is 5. The van der Waals surface area contributed by atoms with Crippen molar-refractivity contribution in [1.82, 2.24) is 9.62 Å². The van der Waals surface area contributed by atoms with Crippen molar-refractivity contribution in [2.24, 2.45) is 0 Å². The molecule has 2 amide bonds. The van der Waals surface area contributed by atoms with E-state index in [1.165, 1.54) is 18.0 Å². The summed E-state index contributed by atoms with van der Waals surface area (Å²) in [4.78, 5) is 24.9. The predicted octanol–water partition coefficient (Wildman–Crippen LogP) is 0.819. The third-order valence-electron chi connectivity index (χ3n) is 3.78. The van der Waals surface area contributed by atoms with Crippen molar-refractivity contribution in [1.29, 1.82) is 0 Å². The largest absolute Gasteiger partial charge is 0.494 e. The van der Waals surface area contributed by atoms with E-state index in [9.17, 15) is 18.0 Å². The van der Waals surface area contributed by atoms with E-state index in [1.54, 1.807) is 19.1 Å². The maximum absolute atomic E-state index is 12.4. The van der Waals surface area contributed by atoms with Crippen LogP contribution in [0.3, 0.4) is 0 Å². The fraction of sp³-hybridized carbons (Fsp3) is 0.467. The highest BCUT2D eigenvalue weighted by molar-refractivity contribution is 7.90. The number of carbonyl (C=O) groups excluding carboxylic acids is 2. The summed E-state index contributed by atoms with van der Waals surface area (Å²) in [6.07, 6.45) is 0.565. The van der Waals surface area contributed by atoms with Gasteiger partial charge in [0.05, 0.1) is 11.5 Å². The number of aryl methyl sites for hydroxylation is 1. The number of sulfonamides is 1. The van der Waals surface area contributed by atoms with Crippen LogP contribution in [0.4, 0.5) is 0 Å². The summed E-state index contributed by atoms with van der Waals surface area (Å²) >= 11 is 0. The lowest BCUT2D eigenvalue weighted by Gasteiger charge is -2.19. The Balaban J connectivity index is 2.19. The highest BCUT2D eigenvalue weighted by Gasteiger charge is 2.35. The number of carbonyl (C=O) groups is 2. The fourth-order valence-corrected chi connectivity index (χ4v) is 3.79. The van der Waals surface area contributed by atoms with Gasteiger partial charge in [-0.05, 0) is 44.0 Å². The van der Waals surface area contributed by atoms with Gasteiger partial charge in [0, 0.05) is 13.5 Å². The van der Waals surface area contributed by atoms with Crippen LogP contribution in [0.1, 0.15) is 25.3 Å². The van der Waals surface area contributed by atoms with Gasteiger partial charge < -0.3 is 9.64 Å². The maximum Gasteiger partial charge on any atom is 0.264 e. The second-order valence-electron chi connectivity index (χ2n) is 5.39. The number of nitrogens with zero attached hydrogens (tertiary/aromatic N) is 1. The van der Waals surface area contributed by atoms with Crippen LogP contribution in [0, 0.1) is 6.92 Å². The van der Waals surface area contributed by atoms with Crippen LogP contribution in [-0.4, -0.2) is 44.8 Å². The van der Waals surface area contributed by atoms with Crippen LogP contribution in [0.2, 0.25) is 0 Å². The molecule has 1 aromatic rings. The number of nitrogens with one attached hydrogen (secondary N) is 1. The van der Waals surface area contributed by atoms with E-state index in [2.05, 4.69) is 4.72 Å². The Kier molecular flexibility index (Phi) is 4.93. The molecule has 1 heterocycles. The van der Waals surface area contributed by atoms with Gasteiger partial charge in [0.25, 0.3) is 15.9 Å². The SMILES string of the molecule is CCOc1ccc(S(=O)(=O)NC(=O)[C@H]2CCC(=O)N2C)c(C)c1. The second-order valence-corrected chi connectivity index (χ2v) is 7.04. The Hall–Kier alpha value is -2.09. The van der Waals surface area contributed by atoms with Gasteiger partial charge in [-0.15, -0.1) is 0 Å². The van der Waals surface area contributed by atoms with E-state index in [-0.39, 0.29) is 17.2 Å². The van der Waals surface area contributed by atoms with E-state index < -0.39 is 22.0 Å². The molecule has 1 aliphatic rings. The lowest BCUT2D eigenvalue weighted by Crippen LogP contribution is -2.45. The van der Waals surface area contributed by atoms with Crippen molar-refractivity contribution in [3.8, 4) is 5.75 Å². The minimum absolute atomic E-state index is 0.0151. The summed E-state index contributed by atoms with van der Waals surface area (Å²) in [5.74, 6) is -0.289. The monoisotopic (exact) mass is 340 g/mol. The zero-order valence-corrected chi connectivity index (χ0v) is 14.1. The highest BCUT2D eigenvalue weighted by Crippen LogP contribution is 2.22. The van der Waals surface area contributed by atoms with Gasteiger partial charge in [-0.2, -0.15) is 0 Å². The first kappa shape index (κ1) is 17.3. The first-order chi connectivity index (χ1) is 10.8. The minimum atomic E-state index is -3.99. The molecule has 0 bridgehead atoms. The van der Waals surface area contributed by atoms with Crippen molar-refractivity contribution in [2.45, 2.75) is 37.6 Å². The Morgan fingerprint density at radius 3 is 2.65 bits per heavy atom. The number of hydrogen-bond donors (Lipinski definition) is 1. The molecule has 0 spiro atoms. The Morgan fingerprint density at radius 1 is 1.43 bits per heavy atom. The van der Waals surface area contributed by atoms with Gasteiger partial charge in [0.1, 0.15) is 11.8 Å². The molecule has 8 heteroatoms. The van der Waals surface area contributed by atoms with Gasteiger partial charge in [-0.25, -0.2) is 13.1 Å². The summed E-state index contributed by atoms with van der Waals surface area (Å²) in [5, 5.41) is 0. The van der Waals surface area contributed by atoms with Gasteiger partial charge in [-0.1, -0.05) is 0 Å². The topological polar surface area (TPSA) is 92.8 Å². The van der Waals surface area contributed by atoms with Crippen molar-refractivity contribution in [2.75, 3.05) is 13.7 Å². The Morgan fingerprint density at radius 2 is 2.13 bits per heavy atom. The van der Waals surface area contributed by atoms with Crippen LogP contribution in [-0.2, 0) is 19.6 Å². The Labute approximate surface area is 135 Å². The standard InChI is InChI=1S/C15H20N2O5S/c1-4-22-11-5-7-13(10(2)9-11)23(20,21)16-15(19)12-6-8-14(18)17(12)3/h5,7,9,12H,4,6,8H2,1-3H3,(H,16,19)/t12-/m1/s1. The molecular weight excluding hydrogens is 320 g/mol. The van der Waals surface area contributed by atoms with Crippen LogP contribution in [0.15, 0.2) is 23.1 Å². The number of rotatable bonds is 5. The summed E-state index contributed by atoms with van der Waals surface area (Å²) in [6.45, 7) is 3.94. The molecule has 1 atom stereocenters. The van der Waals surface area contributed by atoms with Crippen LogP contribution in [0.25, 0.3) is 0 Å². The highest BCUT2D eigenvalue weighted by atomic mass is 32.2. The molecule has 0 saturated carbocycles. The predicted molar refractivity (Wildman–Crippen MR) is 83.5 cm³/mol. The summed E-state index contributed by atoms with van der Waals surface area (Å²) < 4.78 is 32.2. The molecule has 1 aromatic carbocycles. The zero-order valence-electron chi connectivity index (χ0n) is 13.3. The molecule has 1 aliphatic heterocycles. The van der Waals surface area contributed by atoms with E-state index in [0.29, 0.717) is 24.3 Å². The normalized spacial score (nSPS) is 18.1. The number of likely N-dealkylation sites (N-methyl/N-ethyl adjacent to an activating group) is 1. The fourth-order valence-electron chi connectivity index (χ4n) is 2.55. The molecule has 126 valence electrons. The lowest BCUT2D eigenvalue weighted by molar-refractivity contribution is -0.133. The van der Waals surface area contributed by atoms with Crippen molar-refractivity contribution in [3.63, 3.8) is 0 Å². The first-order valence-corrected chi connectivity index (χ1v) is 8.80. The molecule has 7 nitrogen and oxygen atoms in total. The van der Waals surface area contributed by atoms with Crippen molar-refractivity contribution >= 4 is 21.8 Å². The summed E-state index contributed by atoms with van der Waals surface area (Å²) in [5.41, 5.74) is 0.479. The van der Waals surface area contributed by atoms with Gasteiger partial charge >= 0.3 is 0 Å². The number of amides is 2.